The van der Waals surface area contributed by atoms with Crippen molar-refractivity contribution in [2.75, 3.05) is 0 Å². The van der Waals surface area contributed by atoms with E-state index in [4.69, 9.17) is 23.2 Å². The molecule has 0 amide bonds. The maximum absolute atomic E-state index is 11.4. The van der Waals surface area contributed by atoms with Crippen molar-refractivity contribution in [1.29, 1.82) is 0 Å². The minimum Gasteiger partial charge on any atom is -0.276 e. The molecule has 0 aliphatic heterocycles. The van der Waals surface area contributed by atoms with Gasteiger partial charge in [-0.3, -0.25) is 9.59 Å². The van der Waals surface area contributed by atoms with E-state index in [1.54, 1.807) is 24.3 Å². The lowest BCUT2D eigenvalue weighted by Crippen LogP contribution is -1.90. The molecule has 0 aliphatic rings. The molecule has 2 nitrogen and oxygen atoms in total. The Bertz CT molecular complexity index is 1140. The maximum Gasteiger partial charge on any atom is 0.252 e. The average molecular weight is 431 g/mol. The molecule has 0 aliphatic carbocycles. The van der Waals surface area contributed by atoms with Crippen LogP contribution >= 0.6 is 23.2 Å². The van der Waals surface area contributed by atoms with Gasteiger partial charge in [-0.25, -0.2) is 0 Å². The molecule has 0 unspecified atom stereocenters. The number of carbonyl (C=O) groups excluding carboxylic acids is 2. The fraction of sp³-hybridized carbons (Fsp3) is 0. The Morgan fingerprint density at radius 3 is 1.10 bits per heavy atom. The van der Waals surface area contributed by atoms with E-state index in [1.165, 1.54) is 0 Å². The van der Waals surface area contributed by atoms with E-state index in [0.29, 0.717) is 11.1 Å². The first-order chi connectivity index (χ1) is 14.5. The van der Waals surface area contributed by atoms with E-state index in [-0.39, 0.29) is 0 Å². The highest BCUT2D eigenvalue weighted by Gasteiger charge is 2.09. The summed E-state index contributed by atoms with van der Waals surface area (Å²) in [6.45, 7) is 0. The van der Waals surface area contributed by atoms with Gasteiger partial charge in [0.05, 0.1) is 0 Å². The van der Waals surface area contributed by atoms with Crippen LogP contribution in [0.25, 0.3) is 33.4 Å². The van der Waals surface area contributed by atoms with E-state index >= 15 is 0 Å². The third-order valence-corrected chi connectivity index (χ3v) is 5.37. The average Bonchev–Trinajstić information content (AvgIpc) is 2.79. The van der Waals surface area contributed by atoms with Crippen LogP contribution in [0.15, 0.2) is 97.1 Å². The standard InChI is InChI=1S/C26H16Cl2O2/c27-25(29)20-10-6-18(7-11-20)23-14-22(17-4-2-1-3-5-17)15-24(16-23)19-8-12-21(13-9-19)26(28)30/h1-16H. The van der Waals surface area contributed by atoms with Gasteiger partial charge < -0.3 is 0 Å². The molecular formula is C26H16Cl2O2. The zero-order valence-corrected chi connectivity index (χ0v) is 17.3. The van der Waals surface area contributed by atoms with Crippen molar-refractivity contribution in [1.82, 2.24) is 0 Å². The summed E-state index contributed by atoms with van der Waals surface area (Å²) in [6.07, 6.45) is 0. The molecule has 4 heteroatoms. The highest BCUT2D eigenvalue weighted by atomic mass is 35.5. The number of hydrogen-bond acceptors (Lipinski definition) is 2. The second-order valence-corrected chi connectivity index (χ2v) is 7.55. The van der Waals surface area contributed by atoms with Gasteiger partial charge in [-0.2, -0.15) is 0 Å². The highest BCUT2D eigenvalue weighted by Crippen LogP contribution is 2.33. The maximum atomic E-state index is 11.4. The number of halogens is 2. The molecule has 0 N–H and O–H groups in total. The van der Waals surface area contributed by atoms with Crippen LogP contribution in [0.3, 0.4) is 0 Å². The van der Waals surface area contributed by atoms with Crippen LogP contribution in [-0.2, 0) is 0 Å². The lowest BCUT2D eigenvalue weighted by molar-refractivity contribution is 0.107. The Morgan fingerprint density at radius 1 is 0.433 bits per heavy atom. The topological polar surface area (TPSA) is 34.1 Å². The largest absolute Gasteiger partial charge is 0.276 e. The fourth-order valence-electron chi connectivity index (χ4n) is 3.35. The molecule has 4 rings (SSSR count). The summed E-state index contributed by atoms with van der Waals surface area (Å²) in [5.74, 6) is 0. The molecule has 146 valence electrons. The van der Waals surface area contributed by atoms with Gasteiger partial charge in [-0.1, -0.05) is 54.6 Å². The SMILES string of the molecule is O=C(Cl)c1ccc(-c2cc(-c3ccccc3)cc(-c3ccc(C(=O)Cl)cc3)c2)cc1. The minimum absolute atomic E-state index is 0.459. The van der Waals surface area contributed by atoms with Gasteiger partial charge in [-0.05, 0) is 99.0 Å². The van der Waals surface area contributed by atoms with Crippen molar-refractivity contribution in [2.45, 2.75) is 0 Å². The molecule has 0 bridgehead atoms. The molecule has 0 aromatic heterocycles. The molecule has 0 radical (unpaired) electrons. The second kappa shape index (κ2) is 8.66. The number of hydrogen-bond donors (Lipinski definition) is 0. The Balaban J connectivity index is 1.84. The number of rotatable bonds is 5. The fourth-order valence-corrected chi connectivity index (χ4v) is 3.60. The third-order valence-electron chi connectivity index (χ3n) is 4.93. The monoisotopic (exact) mass is 430 g/mol. The van der Waals surface area contributed by atoms with Gasteiger partial charge in [0.2, 0.25) is 0 Å². The van der Waals surface area contributed by atoms with Crippen LogP contribution in [0.2, 0.25) is 0 Å². The summed E-state index contributed by atoms with van der Waals surface area (Å²) >= 11 is 11.1. The first-order valence-corrected chi connectivity index (χ1v) is 10.1. The normalized spacial score (nSPS) is 10.6. The Morgan fingerprint density at radius 2 is 0.767 bits per heavy atom. The lowest BCUT2D eigenvalue weighted by atomic mass is 9.93. The Hall–Kier alpha value is -3.20. The molecule has 0 fully saturated rings. The van der Waals surface area contributed by atoms with Crippen LogP contribution in [0.4, 0.5) is 0 Å². The summed E-state index contributed by atoms with van der Waals surface area (Å²) in [5, 5.41) is -0.955. The third kappa shape index (κ3) is 4.35. The quantitative estimate of drug-likeness (QED) is 0.308. The first kappa shape index (κ1) is 20.1. The second-order valence-electron chi connectivity index (χ2n) is 6.87. The van der Waals surface area contributed by atoms with Crippen molar-refractivity contribution in [3.8, 4) is 33.4 Å². The van der Waals surface area contributed by atoms with Gasteiger partial charge >= 0.3 is 0 Å². The number of benzene rings is 4. The van der Waals surface area contributed by atoms with E-state index in [9.17, 15) is 9.59 Å². The van der Waals surface area contributed by atoms with Crippen LogP contribution in [0.5, 0.6) is 0 Å². The van der Waals surface area contributed by atoms with Crippen LogP contribution < -0.4 is 0 Å². The molecular weight excluding hydrogens is 415 g/mol. The molecule has 0 heterocycles. The smallest absolute Gasteiger partial charge is 0.252 e. The summed E-state index contributed by atoms with van der Waals surface area (Å²) in [5.41, 5.74) is 7.06. The Kier molecular flexibility index (Phi) is 5.80. The zero-order valence-electron chi connectivity index (χ0n) is 15.8. The first-order valence-electron chi connectivity index (χ1n) is 9.32. The van der Waals surface area contributed by atoms with Crippen LogP contribution in [0, 0.1) is 0 Å². The van der Waals surface area contributed by atoms with E-state index in [1.807, 2.05) is 42.5 Å². The van der Waals surface area contributed by atoms with Crippen LogP contribution in [0.1, 0.15) is 20.7 Å². The van der Waals surface area contributed by atoms with E-state index < -0.39 is 10.5 Å². The molecule has 4 aromatic carbocycles. The number of carbonyl (C=O) groups is 2. The predicted octanol–water partition coefficient (Wildman–Crippen LogP) is 7.45. The molecule has 30 heavy (non-hydrogen) atoms. The molecule has 0 saturated carbocycles. The highest BCUT2D eigenvalue weighted by molar-refractivity contribution is 6.68. The van der Waals surface area contributed by atoms with Gasteiger partial charge in [-0.15, -0.1) is 0 Å². The van der Waals surface area contributed by atoms with Crippen molar-refractivity contribution >= 4 is 33.7 Å². The van der Waals surface area contributed by atoms with Crippen molar-refractivity contribution in [2.24, 2.45) is 0 Å². The van der Waals surface area contributed by atoms with Crippen molar-refractivity contribution in [3.05, 3.63) is 108 Å². The molecule has 0 saturated heterocycles. The Labute approximate surface area is 184 Å². The van der Waals surface area contributed by atoms with E-state index in [0.717, 1.165) is 33.4 Å². The summed E-state index contributed by atoms with van der Waals surface area (Å²) in [6, 6.07) is 30.9. The van der Waals surface area contributed by atoms with Crippen LogP contribution in [-0.4, -0.2) is 10.5 Å². The molecule has 0 atom stereocenters. The predicted molar refractivity (Wildman–Crippen MR) is 123 cm³/mol. The lowest BCUT2D eigenvalue weighted by Gasteiger charge is -2.12. The minimum atomic E-state index is -0.478. The van der Waals surface area contributed by atoms with E-state index in [2.05, 4.69) is 30.3 Å². The summed E-state index contributed by atoms with van der Waals surface area (Å²) < 4.78 is 0. The van der Waals surface area contributed by atoms with Gasteiger partial charge in [0, 0.05) is 11.1 Å². The van der Waals surface area contributed by atoms with Gasteiger partial charge in [0.15, 0.2) is 0 Å². The summed E-state index contributed by atoms with van der Waals surface area (Å²) in [4.78, 5) is 22.8. The molecule has 0 spiro atoms. The zero-order chi connectivity index (χ0) is 21.1. The van der Waals surface area contributed by atoms with Crippen molar-refractivity contribution < 1.29 is 9.59 Å². The summed E-state index contributed by atoms with van der Waals surface area (Å²) in [7, 11) is 0. The van der Waals surface area contributed by atoms with Gasteiger partial charge in [0.1, 0.15) is 0 Å². The molecule has 4 aromatic rings. The van der Waals surface area contributed by atoms with Crippen molar-refractivity contribution in [3.63, 3.8) is 0 Å². The van der Waals surface area contributed by atoms with Gasteiger partial charge in [0.25, 0.3) is 10.5 Å².